The van der Waals surface area contributed by atoms with E-state index in [4.69, 9.17) is 4.74 Å². The maximum absolute atomic E-state index is 6.12. The van der Waals surface area contributed by atoms with Gasteiger partial charge < -0.3 is 10.1 Å². The van der Waals surface area contributed by atoms with Crippen LogP contribution in [0.2, 0.25) is 0 Å². The first-order chi connectivity index (χ1) is 7.97. The minimum absolute atomic E-state index is 0.216. The summed E-state index contributed by atoms with van der Waals surface area (Å²) >= 11 is 2.06. The molecule has 2 saturated heterocycles. The van der Waals surface area contributed by atoms with Gasteiger partial charge in [0.15, 0.2) is 0 Å². The lowest BCUT2D eigenvalue weighted by molar-refractivity contribution is -0.0909. The fourth-order valence-electron chi connectivity index (χ4n) is 3.59. The second-order valence-corrected chi connectivity index (χ2v) is 7.82. The Bertz CT molecular complexity index is 255. The van der Waals surface area contributed by atoms with Crippen LogP contribution in [0.3, 0.4) is 0 Å². The van der Waals surface area contributed by atoms with Gasteiger partial charge >= 0.3 is 0 Å². The molecular formula is C14H27NOS. The van der Waals surface area contributed by atoms with Crippen molar-refractivity contribution >= 4 is 11.8 Å². The Labute approximate surface area is 110 Å². The minimum atomic E-state index is 0.216. The molecule has 2 heterocycles. The lowest BCUT2D eigenvalue weighted by Crippen LogP contribution is -2.50. The van der Waals surface area contributed by atoms with Crippen LogP contribution >= 0.6 is 11.8 Å². The van der Waals surface area contributed by atoms with Gasteiger partial charge in [-0.1, -0.05) is 20.8 Å². The van der Waals surface area contributed by atoms with Crippen LogP contribution in [-0.2, 0) is 4.74 Å². The third-order valence-corrected chi connectivity index (χ3v) is 5.54. The molecule has 0 amide bonds. The van der Waals surface area contributed by atoms with E-state index in [0.717, 1.165) is 12.5 Å². The van der Waals surface area contributed by atoms with Crippen molar-refractivity contribution in [3.05, 3.63) is 0 Å². The van der Waals surface area contributed by atoms with Crippen LogP contribution in [0, 0.1) is 11.3 Å². The van der Waals surface area contributed by atoms with Crippen molar-refractivity contribution < 1.29 is 4.74 Å². The van der Waals surface area contributed by atoms with Gasteiger partial charge in [0.05, 0.1) is 5.60 Å². The summed E-state index contributed by atoms with van der Waals surface area (Å²) in [6.45, 7) is 8.00. The average Bonchev–Trinajstić information content (AvgIpc) is 2.65. The van der Waals surface area contributed by atoms with E-state index in [0.29, 0.717) is 11.5 Å². The molecule has 3 unspecified atom stereocenters. The van der Waals surface area contributed by atoms with E-state index in [9.17, 15) is 0 Å². The van der Waals surface area contributed by atoms with Gasteiger partial charge in [0.2, 0.25) is 0 Å². The lowest BCUT2D eigenvalue weighted by atomic mass is 9.72. The largest absolute Gasteiger partial charge is 0.374 e. The molecule has 0 bridgehead atoms. The van der Waals surface area contributed by atoms with Crippen LogP contribution in [0.15, 0.2) is 0 Å². The Hall–Kier alpha value is 0.270. The van der Waals surface area contributed by atoms with E-state index in [1.807, 2.05) is 0 Å². The SMILES string of the molecule is CNC(C1CCOC2(CCSC2)C1)C(C)(C)C. The number of rotatable bonds is 2. The summed E-state index contributed by atoms with van der Waals surface area (Å²) in [6, 6.07) is 0.605. The van der Waals surface area contributed by atoms with Gasteiger partial charge in [0, 0.05) is 18.4 Å². The standard InChI is InChI=1S/C14H27NOS/c1-13(2,3)12(15-4)11-5-7-16-14(9-11)6-8-17-10-14/h11-12,15H,5-10H2,1-4H3. The predicted octanol–water partition coefficient (Wildman–Crippen LogP) is 2.92. The fourth-order valence-corrected chi connectivity index (χ4v) is 4.97. The first-order valence-corrected chi connectivity index (χ1v) is 8.01. The fraction of sp³-hybridized carbons (Fsp3) is 1.00. The Morgan fingerprint density at radius 1 is 1.41 bits per heavy atom. The Morgan fingerprint density at radius 2 is 2.18 bits per heavy atom. The molecule has 2 aliphatic heterocycles. The van der Waals surface area contributed by atoms with E-state index < -0.39 is 0 Å². The van der Waals surface area contributed by atoms with Crippen LogP contribution in [0.5, 0.6) is 0 Å². The van der Waals surface area contributed by atoms with E-state index in [1.165, 1.54) is 30.8 Å². The first kappa shape index (κ1) is 13.7. The summed E-state index contributed by atoms with van der Waals surface area (Å²) in [6.07, 6.45) is 3.73. The van der Waals surface area contributed by atoms with E-state index in [2.05, 4.69) is 44.9 Å². The Morgan fingerprint density at radius 3 is 2.71 bits per heavy atom. The van der Waals surface area contributed by atoms with Crippen molar-refractivity contribution in [2.24, 2.45) is 11.3 Å². The van der Waals surface area contributed by atoms with Gasteiger partial charge in [-0.05, 0) is 43.4 Å². The molecule has 100 valence electrons. The molecule has 3 atom stereocenters. The van der Waals surface area contributed by atoms with Crippen LogP contribution in [0.25, 0.3) is 0 Å². The minimum Gasteiger partial charge on any atom is -0.374 e. The summed E-state index contributed by atoms with van der Waals surface area (Å²) in [5.41, 5.74) is 0.553. The molecule has 0 saturated carbocycles. The first-order valence-electron chi connectivity index (χ1n) is 6.86. The van der Waals surface area contributed by atoms with Gasteiger partial charge in [-0.3, -0.25) is 0 Å². The highest BCUT2D eigenvalue weighted by atomic mass is 32.2. The van der Waals surface area contributed by atoms with Crippen molar-refractivity contribution in [2.75, 3.05) is 25.2 Å². The second kappa shape index (κ2) is 5.10. The molecule has 0 aromatic heterocycles. The monoisotopic (exact) mass is 257 g/mol. The van der Waals surface area contributed by atoms with E-state index in [-0.39, 0.29) is 5.60 Å². The number of thioether (sulfide) groups is 1. The topological polar surface area (TPSA) is 21.3 Å². The molecule has 1 spiro atoms. The summed E-state index contributed by atoms with van der Waals surface area (Å²) in [4.78, 5) is 0. The Kier molecular flexibility index (Phi) is 4.11. The highest BCUT2D eigenvalue weighted by molar-refractivity contribution is 7.99. The van der Waals surface area contributed by atoms with Crippen LogP contribution in [-0.4, -0.2) is 36.8 Å². The molecule has 0 aromatic carbocycles. The second-order valence-electron chi connectivity index (χ2n) is 6.72. The molecule has 3 heteroatoms. The maximum Gasteiger partial charge on any atom is 0.0783 e. The molecule has 2 rings (SSSR count). The molecular weight excluding hydrogens is 230 g/mol. The van der Waals surface area contributed by atoms with Crippen molar-refractivity contribution in [1.29, 1.82) is 0 Å². The predicted molar refractivity (Wildman–Crippen MR) is 75.7 cm³/mol. The molecule has 2 fully saturated rings. The highest BCUT2D eigenvalue weighted by Crippen LogP contribution is 2.43. The maximum atomic E-state index is 6.12. The van der Waals surface area contributed by atoms with Crippen molar-refractivity contribution in [2.45, 2.75) is 51.7 Å². The smallest absolute Gasteiger partial charge is 0.0783 e. The van der Waals surface area contributed by atoms with Crippen LogP contribution < -0.4 is 5.32 Å². The van der Waals surface area contributed by atoms with Gasteiger partial charge in [-0.15, -0.1) is 0 Å². The molecule has 0 aliphatic carbocycles. The van der Waals surface area contributed by atoms with Crippen molar-refractivity contribution in [3.63, 3.8) is 0 Å². The van der Waals surface area contributed by atoms with Gasteiger partial charge in [-0.2, -0.15) is 11.8 Å². The number of hydrogen-bond donors (Lipinski definition) is 1. The normalized spacial score (nSPS) is 36.4. The summed E-state index contributed by atoms with van der Waals surface area (Å²) in [5, 5.41) is 3.56. The molecule has 17 heavy (non-hydrogen) atoms. The van der Waals surface area contributed by atoms with Gasteiger partial charge in [0.1, 0.15) is 0 Å². The van der Waals surface area contributed by atoms with E-state index >= 15 is 0 Å². The lowest BCUT2D eigenvalue weighted by Gasteiger charge is -2.45. The van der Waals surface area contributed by atoms with Crippen molar-refractivity contribution in [1.82, 2.24) is 5.32 Å². The summed E-state index contributed by atoms with van der Waals surface area (Å²) < 4.78 is 6.12. The summed E-state index contributed by atoms with van der Waals surface area (Å²) in [5.74, 6) is 3.27. The Balaban J connectivity index is 2.05. The number of hydrogen-bond acceptors (Lipinski definition) is 3. The number of nitrogens with one attached hydrogen (secondary N) is 1. The zero-order chi connectivity index (χ0) is 12.5. The highest BCUT2D eigenvalue weighted by Gasteiger charge is 2.44. The van der Waals surface area contributed by atoms with E-state index in [1.54, 1.807) is 0 Å². The average molecular weight is 257 g/mol. The molecule has 0 aromatic rings. The van der Waals surface area contributed by atoms with Crippen LogP contribution in [0.4, 0.5) is 0 Å². The van der Waals surface area contributed by atoms with Crippen molar-refractivity contribution in [3.8, 4) is 0 Å². The molecule has 1 N–H and O–H groups in total. The van der Waals surface area contributed by atoms with Gasteiger partial charge in [0.25, 0.3) is 0 Å². The third kappa shape index (κ3) is 2.99. The quantitative estimate of drug-likeness (QED) is 0.822. The molecule has 2 nitrogen and oxygen atoms in total. The molecule has 0 radical (unpaired) electrons. The van der Waals surface area contributed by atoms with Crippen LogP contribution in [0.1, 0.15) is 40.0 Å². The zero-order valence-corrected chi connectivity index (χ0v) is 12.5. The zero-order valence-electron chi connectivity index (χ0n) is 11.7. The molecule has 2 aliphatic rings. The number of ether oxygens (including phenoxy) is 1. The third-order valence-electron chi connectivity index (χ3n) is 4.31. The van der Waals surface area contributed by atoms with Gasteiger partial charge in [-0.25, -0.2) is 0 Å². The summed E-state index contributed by atoms with van der Waals surface area (Å²) in [7, 11) is 2.11.